The maximum atomic E-state index is 4.72. The smallest absolute Gasteiger partial charge is 0.163 e. The second-order valence-corrected chi connectivity index (χ2v) is 5.26. The number of hydrogen-bond donors (Lipinski definition) is 0. The molecule has 0 aliphatic heterocycles. The molecule has 0 bridgehead atoms. The normalized spacial score (nSPS) is 11.3. The molecule has 4 rings (SSSR count). The maximum Gasteiger partial charge on any atom is 0.163 e. The molecule has 0 spiro atoms. The third kappa shape index (κ3) is 2.64. The van der Waals surface area contributed by atoms with E-state index in [-0.39, 0.29) is 0 Å². The van der Waals surface area contributed by atoms with Gasteiger partial charge in [-0.15, -0.1) is 0 Å². The molecule has 3 heteroatoms. The van der Waals surface area contributed by atoms with Crippen molar-refractivity contribution in [1.82, 2.24) is 9.78 Å². The number of rotatable bonds is 3. The Morgan fingerprint density at radius 3 is 2.17 bits per heavy atom. The van der Waals surface area contributed by atoms with Crippen molar-refractivity contribution in [2.24, 2.45) is 4.99 Å². The predicted molar refractivity (Wildman–Crippen MR) is 94.8 cm³/mol. The molecule has 1 heterocycles. The average Bonchev–Trinajstić information content (AvgIpc) is 3.00. The van der Waals surface area contributed by atoms with Gasteiger partial charge < -0.3 is 0 Å². The first kappa shape index (κ1) is 13.5. The van der Waals surface area contributed by atoms with Crippen LogP contribution in [0.15, 0.2) is 89.9 Å². The number of benzene rings is 3. The zero-order valence-corrected chi connectivity index (χ0v) is 12.5. The lowest BCUT2D eigenvalue weighted by Crippen LogP contribution is -1.95. The second kappa shape index (κ2) is 5.89. The molecule has 3 aromatic carbocycles. The van der Waals surface area contributed by atoms with Crippen LogP contribution in [-0.2, 0) is 0 Å². The Hall–Kier alpha value is -3.20. The van der Waals surface area contributed by atoms with Gasteiger partial charge in [-0.1, -0.05) is 60.7 Å². The Morgan fingerprint density at radius 2 is 1.39 bits per heavy atom. The van der Waals surface area contributed by atoms with Gasteiger partial charge in [-0.3, -0.25) is 0 Å². The summed E-state index contributed by atoms with van der Waals surface area (Å²) in [6.07, 6.45) is 1.88. The minimum absolute atomic E-state index is 0.843. The first-order valence-corrected chi connectivity index (χ1v) is 7.54. The molecule has 0 N–H and O–H groups in total. The van der Waals surface area contributed by atoms with E-state index in [1.807, 2.05) is 89.8 Å². The van der Waals surface area contributed by atoms with Gasteiger partial charge >= 0.3 is 0 Å². The van der Waals surface area contributed by atoms with Crippen LogP contribution >= 0.6 is 0 Å². The third-order valence-corrected chi connectivity index (χ3v) is 3.69. The van der Waals surface area contributed by atoms with Crippen LogP contribution in [-0.4, -0.2) is 16.0 Å². The van der Waals surface area contributed by atoms with Crippen LogP contribution in [0.25, 0.3) is 16.6 Å². The maximum absolute atomic E-state index is 4.72. The zero-order chi connectivity index (χ0) is 15.5. The molecule has 0 amide bonds. The summed E-state index contributed by atoms with van der Waals surface area (Å²) in [6.45, 7) is 0. The van der Waals surface area contributed by atoms with Gasteiger partial charge in [-0.05, 0) is 29.8 Å². The molecule has 1 aromatic heterocycles. The SMILES string of the molecule is C(=Nc1c2ccccc2nn1-c1ccccc1)c1ccccc1. The molecule has 0 atom stereocenters. The van der Waals surface area contributed by atoms with Crippen molar-refractivity contribution in [2.45, 2.75) is 0 Å². The van der Waals surface area contributed by atoms with E-state index >= 15 is 0 Å². The average molecular weight is 297 g/mol. The van der Waals surface area contributed by atoms with Crippen LogP contribution in [0, 0.1) is 0 Å². The van der Waals surface area contributed by atoms with E-state index in [2.05, 4.69) is 6.07 Å². The molecule has 23 heavy (non-hydrogen) atoms. The minimum atomic E-state index is 0.843. The Bertz CT molecular complexity index is 954. The minimum Gasteiger partial charge on any atom is -0.236 e. The van der Waals surface area contributed by atoms with E-state index in [9.17, 15) is 0 Å². The van der Waals surface area contributed by atoms with Gasteiger partial charge in [0.25, 0.3) is 0 Å². The molecule has 0 radical (unpaired) electrons. The monoisotopic (exact) mass is 297 g/mol. The molecule has 0 unspecified atom stereocenters. The summed E-state index contributed by atoms with van der Waals surface area (Å²) in [7, 11) is 0. The number of aromatic nitrogens is 2. The summed E-state index contributed by atoms with van der Waals surface area (Å²) in [4.78, 5) is 4.72. The van der Waals surface area contributed by atoms with Crippen LogP contribution in [0.4, 0.5) is 5.82 Å². The van der Waals surface area contributed by atoms with Crippen molar-refractivity contribution >= 4 is 22.9 Å². The molecule has 4 aromatic rings. The van der Waals surface area contributed by atoms with Gasteiger partial charge in [0.15, 0.2) is 5.82 Å². The molecule has 3 nitrogen and oxygen atoms in total. The number of hydrogen-bond acceptors (Lipinski definition) is 2. The second-order valence-electron chi connectivity index (χ2n) is 5.26. The molecule has 110 valence electrons. The number of para-hydroxylation sites is 1. The van der Waals surface area contributed by atoms with Crippen molar-refractivity contribution < 1.29 is 0 Å². The van der Waals surface area contributed by atoms with Crippen LogP contribution < -0.4 is 0 Å². The number of nitrogens with zero attached hydrogens (tertiary/aromatic N) is 3. The highest BCUT2D eigenvalue weighted by Crippen LogP contribution is 2.28. The van der Waals surface area contributed by atoms with Crippen LogP contribution in [0.2, 0.25) is 0 Å². The van der Waals surface area contributed by atoms with Gasteiger partial charge in [0, 0.05) is 11.6 Å². The lowest BCUT2D eigenvalue weighted by atomic mass is 10.2. The van der Waals surface area contributed by atoms with E-state index in [1.54, 1.807) is 0 Å². The van der Waals surface area contributed by atoms with Crippen LogP contribution in [0.1, 0.15) is 5.56 Å². The molecular formula is C20H15N3. The lowest BCUT2D eigenvalue weighted by molar-refractivity contribution is 0.896. The van der Waals surface area contributed by atoms with E-state index in [0.29, 0.717) is 0 Å². The van der Waals surface area contributed by atoms with Gasteiger partial charge in [-0.25, -0.2) is 9.67 Å². The van der Waals surface area contributed by atoms with Crippen molar-refractivity contribution in [3.63, 3.8) is 0 Å². The zero-order valence-electron chi connectivity index (χ0n) is 12.5. The Morgan fingerprint density at radius 1 is 0.739 bits per heavy atom. The summed E-state index contributed by atoms with van der Waals surface area (Å²) in [5.41, 5.74) is 3.01. The summed E-state index contributed by atoms with van der Waals surface area (Å²) < 4.78 is 1.89. The van der Waals surface area contributed by atoms with E-state index in [0.717, 1.165) is 28.0 Å². The van der Waals surface area contributed by atoms with Crippen molar-refractivity contribution in [1.29, 1.82) is 0 Å². The molecule has 0 saturated heterocycles. The lowest BCUT2D eigenvalue weighted by Gasteiger charge is -2.03. The Labute approximate surface area is 134 Å². The molecule has 0 fully saturated rings. The Kier molecular flexibility index (Phi) is 3.45. The van der Waals surface area contributed by atoms with Crippen molar-refractivity contribution in [3.8, 4) is 5.69 Å². The number of aliphatic imine (C=N–C) groups is 1. The van der Waals surface area contributed by atoms with Crippen LogP contribution in [0.3, 0.4) is 0 Å². The van der Waals surface area contributed by atoms with Gasteiger partial charge in [0.2, 0.25) is 0 Å². The fraction of sp³-hybridized carbons (Fsp3) is 0. The summed E-state index contributed by atoms with van der Waals surface area (Å²) in [6, 6.07) is 28.2. The summed E-state index contributed by atoms with van der Waals surface area (Å²) in [5.74, 6) is 0.843. The fourth-order valence-electron chi connectivity index (χ4n) is 2.57. The summed E-state index contributed by atoms with van der Waals surface area (Å²) in [5, 5.41) is 5.74. The van der Waals surface area contributed by atoms with Gasteiger partial charge in [0.05, 0.1) is 11.2 Å². The quantitative estimate of drug-likeness (QED) is 0.501. The predicted octanol–water partition coefficient (Wildman–Crippen LogP) is 4.78. The standard InChI is InChI=1S/C20H15N3/c1-3-9-16(10-4-1)15-21-20-18-13-7-8-14-19(18)22-23(20)17-11-5-2-6-12-17/h1-15H. The molecule has 0 aliphatic rings. The highest BCUT2D eigenvalue weighted by molar-refractivity contribution is 5.93. The van der Waals surface area contributed by atoms with E-state index in [4.69, 9.17) is 10.1 Å². The molecule has 0 aliphatic carbocycles. The Balaban J connectivity index is 1.88. The van der Waals surface area contributed by atoms with Crippen LogP contribution in [0.5, 0.6) is 0 Å². The number of fused-ring (bicyclic) bond motifs is 1. The van der Waals surface area contributed by atoms with Gasteiger partial charge in [-0.2, -0.15) is 5.10 Å². The highest BCUT2D eigenvalue weighted by Gasteiger charge is 2.10. The molecule has 0 saturated carbocycles. The highest BCUT2D eigenvalue weighted by atomic mass is 15.3. The van der Waals surface area contributed by atoms with Gasteiger partial charge in [0.1, 0.15) is 0 Å². The first-order chi connectivity index (χ1) is 11.4. The molecular weight excluding hydrogens is 282 g/mol. The van der Waals surface area contributed by atoms with E-state index < -0.39 is 0 Å². The van der Waals surface area contributed by atoms with Crippen molar-refractivity contribution in [2.75, 3.05) is 0 Å². The summed E-state index contributed by atoms with van der Waals surface area (Å²) >= 11 is 0. The largest absolute Gasteiger partial charge is 0.236 e. The van der Waals surface area contributed by atoms with E-state index in [1.165, 1.54) is 0 Å². The van der Waals surface area contributed by atoms with Crippen molar-refractivity contribution in [3.05, 3.63) is 90.5 Å². The first-order valence-electron chi connectivity index (χ1n) is 7.54. The fourth-order valence-corrected chi connectivity index (χ4v) is 2.57. The third-order valence-electron chi connectivity index (χ3n) is 3.69. The topological polar surface area (TPSA) is 30.2 Å².